The lowest BCUT2D eigenvalue weighted by Crippen LogP contribution is -2.20. The summed E-state index contributed by atoms with van der Waals surface area (Å²) in [5, 5.41) is 0. The minimum atomic E-state index is -0.356. The Hall–Kier alpha value is -1.95. The number of fused-ring (bicyclic) bond motifs is 1. The van der Waals surface area contributed by atoms with E-state index in [9.17, 15) is 4.79 Å². The molecule has 0 spiro atoms. The molecular formula is C8H9N5O. The molecule has 0 unspecified atom stereocenters. The summed E-state index contributed by atoms with van der Waals surface area (Å²) in [5.41, 5.74) is 3.76. The molecule has 0 fully saturated rings. The molecule has 72 valence electrons. The first-order valence-electron chi connectivity index (χ1n) is 4.05. The third-order valence-corrected chi connectivity index (χ3v) is 1.83. The van der Waals surface area contributed by atoms with E-state index in [0.29, 0.717) is 11.2 Å². The number of hydrazine groups is 1. The molecule has 14 heavy (non-hydrogen) atoms. The van der Waals surface area contributed by atoms with Crippen LogP contribution in [0.25, 0.3) is 11.2 Å². The maximum Gasteiger partial charge on any atom is 0.292 e. The first-order valence-corrected chi connectivity index (χ1v) is 4.05. The lowest BCUT2D eigenvalue weighted by molar-refractivity contribution is 1.12. The third-order valence-electron chi connectivity index (χ3n) is 1.83. The van der Waals surface area contributed by atoms with Crippen molar-refractivity contribution in [1.82, 2.24) is 15.0 Å². The Morgan fingerprint density at radius 3 is 2.93 bits per heavy atom. The van der Waals surface area contributed by atoms with Gasteiger partial charge in [0.05, 0.1) is 5.52 Å². The Morgan fingerprint density at radius 2 is 2.21 bits per heavy atom. The number of nitrogens with one attached hydrogen (secondary N) is 2. The van der Waals surface area contributed by atoms with Crippen LogP contribution in [0.4, 0.5) is 5.82 Å². The van der Waals surface area contributed by atoms with Gasteiger partial charge < -0.3 is 10.4 Å². The van der Waals surface area contributed by atoms with Crippen LogP contribution in [0, 0.1) is 6.92 Å². The molecule has 0 atom stereocenters. The van der Waals surface area contributed by atoms with E-state index in [1.54, 1.807) is 12.1 Å². The second-order valence-corrected chi connectivity index (χ2v) is 2.88. The minimum absolute atomic E-state index is 0.0654. The fraction of sp³-hybridized carbons (Fsp3) is 0.125. The van der Waals surface area contributed by atoms with Gasteiger partial charge in [0.15, 0.2) is 5.65 Å². The molecule has 2 aromatic heterocycles. The number of hydrogen-bond donors (Lipinski definition) is 3. The van der Waals surface area contributed by atoms with E-state index in [2.05, 4.69) is 20.4 Å². The standard InChI is InChI=1S/C8H9N5O/c1-4-2-3-5-6(10-4)12-7(13-9)8(14)11-5/h2-3H,9H2,1H3,(H,11,14)(H,10,12,13). The van der Waals surface area contributed by atoms with Crippen LogP contribution in [-0.4, -0.2) is 15.0 Å². The number of nitrogens with zero attached hydrogens (tertiary/aromatic N) is 2. The first kappa shape index (κ1) is 8.64. The van der Waals surface area contributed by atoms with Crippen molar-refractivity contribution in [2.75, 3.05) is 5.43 Å². The normalized spacial score (nSPS) is 10.4. The topological polar surface area (TPSA) is 96.7 Å². The molecular weight excluding hydrogens is 182 g/mol. The summed E-state index contributed by atoms with van der Waals surface area (Å²) >= 11 is 0. The Balaban J connectivity index is 2.80. The molecule has 0 radical (unpaired) electrons. The fourth-order valence-electron chi connectivity index (χ4n) is 1.16. The van der Waals surface area contributed by atoms with Gasteiger partial charge >= 0.3 is 0 Å². The van der Waals surface area contributed by atoms with Crippen LogP contribution in [0.3, 0.4) is 0 Å². The van der Waals surface area contributed by atoms with Crippen molar-refractivity contribution in [2.24, 2.45) is 5.84 Å². The fourth-order valence-corrected chi connectivity index (χ4v) is 1.16. The van der Waals surface area contributed by atoms with E-state index in [-0.39, 0.29) is 11.4 Å². The zero-order valence-corrected chi connectivity index (χ0v) is 7.53. The molecule has 0 amide bonds. The predicted octanol–water partition coefficient (Wildman–Crippen LogP) is -0.0879. The highest BCUT2D eigenvalue weighted by Gasteiger charge is 2.03. The number of hydrogen-bond acceptors (Lipinski definition) is 5. The number of nitrogen functional groups attached to an aromatic ring is 1. The quantitative estimate of drug-likeness (QED) is 0.432. The van der Waals surface area contributed by atoms with E-state index >= 15 is 0 Å². The van der Waals surface area contributed by atoms with Gasteiger partial charge in [0.2, 0.25) is 5.82 Å². The molecule has 2 heterocycles. The smallest absolute Gasteiger partial charge is 0.292 e. The highest BCUT2D eigenvalue weighted by molar-refractivity contribution is 5.70. The van der Waals surface area contributed by atoms with Gasteiger partial charge in [-0.2, -0.15) is 0 Å². The van der Waals surface area contributed by atoms with Crippen LogP contribution >= 0.6 is 0 Å². The number of aromatic amines is 1. The molecule has 2 aromatic rings. The van der Waals surface area contributed by atoms with E-state index in [1.165, 1.54) is 0 Å². The monoisotopic (exact) mass is 191 g/mol. The number of aromatic nitrogens is 3. The molecule has 0 aromatic carbocycles. The van der Waals surface area contributed by atoms with Gasteiger partial charge in [-0.05, 0) is 19.1 Å². The Bertz CT molecular complexity index is 533. The second kappa shape index (κ2) is 3.08. The van der Waals surface area contributed by atoms with Gasteiger partial charge in [0, 0.05) is 5.69 Å². The lowest BCUT2D eigenvalue weighted by Gasteiger charge is -2.00. The SMILES string of the molecule is Cc1ccc2[nH]c(=O)c(NN)nc2n1. The molecule has 0 aliphatic rings. The molecule has 2 rings (SSSR count). The zero-order chi connectivity index (χ0) is 10.1. The molecule has 0 aliphatic carbocycles. The summed E-state index contributed by atoms with van der Waals surface area (Å²) in [4.78, 5) is 22.0. The molecule has 0 saturated heterocycles. The van der Waals surface area contributed by atoms with Crippen LogP contribution in [0.5, 0.6) is 0 Å². The van der Waals surface area contributed by atoms with Crippen molar-refractivity contribution in [3.8, 4) is 0 Å². The molecule has 4 N–H and O–H groups in total. The maximum atomic E-state index is 11.3. The van der Waals surface area contributed by atoms with Crippen molar-refractivity contribution in [2.45, 2.75) is 6.92 Å². The van der Waals surface area contributed by atoms with Crippen LogP contribution in [0.1, 0.15) is 5.69 Å². The van der Waals surface area contributed by atoms with Crippen LogP contribution in [0.15, 0.2) is 16.9 Å². The Morgan fingerprint density at radius 1 is 1.43 bits per heavy atom. The van der Waals surface area contributed by atoms with E-state index < -0.39 is 0 Å². The largest absolute Gasteiger partial charge is 0.316 e. The van der Waals surface area contributed by atoms with Crippen molar-refractivity contribution >= 4 is 17.0 Å². The molecule has 0 saturated carbocycles. The van der Waals surface area contributed by atoms with Gasteiger partial charge in [-0.25, -0.2) is 15.8 Å². The minimum Gasteiger partial charge on any atom is -0.316 e. The number of pyridine rings is 1. The molecule has 6 nitrogen and oxygen atoms in total. The maximum absolute atomic E-state index is 11.3. The van der Waals surface area contributed by atoms with Crippen LogP contribution in [-0.2, 0) is 0 Å². The van der Waals surface area contributed by atoms with Gasteiger partial charge in [-0.15, -0.1) is 0 Å². The Kier molecular flexibility index (Phi) is 1.90. The third kappa shape index (κ3) is 1.31. The molecule has 0 aliphatic heterocycles. The summed E-state index contributed by atoms with van der Waals surface area (Å²) < 4.78 is 0. The van der Waals surface area contributed by atoms with Crippen LogP contribution < -0.4 is 16.8 Å². The van der Waals surface area contributed by atoms with E-state index in [1.807, 2.05) is 6.92 Å². The summed E-state index contributed by atoms with van der Waals surface area (Å²) in [7, 11) is 0. The average molecular weight is 191 g/mol. The molecule has 6 heteroatoms. The van der Waals surface area contributed by atoms with Gasteiger partial charge in [-0.3, -0.25) is 4.79 Å². The number of H-pyrrole nitrogens is 1. The van der Waals surface area contributed by atoms with Crippen molar-refractivity contribution in [3.05, 3.63) is 28.2 Å². The van der Waals surface area contributed by atoms with Crippen molar-refractivity contribution in [3.63, 3.8) is 0 Å². The van der Waals surface area contributed by atoms with Gasteiger partial charge in [0.25, 0.3) is 5.56 Å². The van der Waals surface area contributed by atoms with Crippen LogP contribution in [0.2, 0.25) is 0 Å². The number of aryl methyl sites for hydroxylation is 1. The van der Waals surface area contributed by atoms with E-state index in [4.69, 9.17) is 5.84 Å². The number of rotatable bonds is 1. The predicted molar refractivity (Wildman–Crippen MR) is 52.7 cm³/mol. The average Bonchev–Trinajstić information content (AvgIpc) is 2.17. The zero-order valence-electron chi connectivity index (χ0n) is 7.53. The first-order chi connectivity index (χ1) is 6.70. The van der Waals surface area contributed by atoms with Crippen molar-refractivity contribution < 1.29 is 0 Å². The highest BCUT2D eigenvalue weighted by Crippen LogP contribution is 2.06. The highest BCUT2D eigenvalue weighted by atomic mass is 16.1. The lowest BCUT2D eigenvalue weighted by atomic mass is 10.3. The van der Waals surface area contributed by atoms with E-state index in [0.717, 1.165) is 5.69 Å². The summed E-state index contributed by atoms with van der Waals surface area (Å²) in [6.07, 6.45) is 0. The second-order valence-electron chi connectivity index (χ2n) is 2.88. The van der Waals surface area contributed by atoms with Gasteiger partial charge in [-0.1, -0.05) is 0 Å². The number of nitrogens with two attached hydrogens (primary N) is 1. The van der Waals surface area contributed by atoms with Crippen molar-refractivity contribution in [1.29, 1.82) is 0 Å². The Labute approximate surface area is 79.2 Å². The van der Waals surface area contributed by atoms with Gasteiger partial charge in [0.1, 0.15) is 0 Å². The summed E-state index contributed by atoms with van der Waals surface area (Å²) in [6, 6.07) is 3.56. The summed E-state index contributed by atoms with van der Waals surface area (Å²) in [5.74, 6) is 5.18. The summed E-state index contributed by atoms with van der Waals surface area (Å²) in [6.45, 7) is 1.85. The number of anilines is 1. The molecule has 0 bridgehead atoms.